The molecule has 0 amide bonds. The number of nitrogens with zero attached hydrogens (tertiary/aromatic N) is 2. The number of aromatic amines is 1. The van der Waals surface area contributed by atoms with Crippen LogP contribution in [0.3, 0.4) is 0 Å². The van der Waals surface area contributed by atoms with Crippen molar-refractivity contribution in [2.45, 2.75) is 58.3 Å². The fourth-order valence-electron chi connectivity index (χ4n) is 4.07. The van der Waals surface area contributed by atoms with Gasteiger partial charge in [0.25, 0.3) is 0 Å². The number of nitrogens with one attached hydrogen (secondary N) is 1. The largest absolute Gasteiger partial charge is 0.478 e. The van der Waals surface area contributed by atoms with Gasteiger partial charge in [0.2, 0.25) is 0 Å². The Morgan fingerprint density at radius 1 is 0.897 bits per heavy atom. The second-order valence-electron chi connectivity index (χ2n) is 9.29. The number of benzene rings is 1. The summed E-state index contributed by atoms with van der Waals surface area (Å²) in [6.45, 7) is 11.0. The highest BCUT2D eigenvalue weighted by atomic mass is 16.4. The summed E-state index contributed by atoms with van der Waals surface area (Å²) in [6, 6.07) is 10.9. The number of carbonyl (C=O) groups is 1. The molecule has 0 spiro atoms. The molecule has 0 bridgehead atoms. The van der Waals surface area contributed by atoms with E-state index < -0.39 is 5.97 Å². The van der Waals surface area contributed by atoms with E-state index in [4.69, 9.17) is 15.1 Å². The van der Waals surface area contributed by atoms with Crippen molar-refractivity contribution in [2.75, 3.05) is 0 Å². The molecule has 0 aliphatic heterocycles. The Labute approximate surface area is 171 Å². The number of hydrogen-bond donors (Lipinski definition) is 2. The zero-order chi connectivity index (χ0) is 21.0. The van der Waals surface area contributed by atoms with Gasteiger partial charge in [-0.3, -0.25) is 4.98 Å². The van der Waals surface area contributed by atoms with Crippen LogP contribution in [0.5, 0.6) is 0 Å². The molecule has 2 aromatic heterocycles. The summed E-state index contributed by atoms with van der Waals surface area (Å²) in [5.41, 5.74) is 7.11. The quantitative estimate of drug-likeness (QED) is 0.620. The van der Waals surface area contributed by atoms with E-state index in [1.807, 2.05) is 31.2 Å². The van der Waals surface area contributed by atoms with Crippen LogP contribution in [-0.4, -0.2) is 26.0 Å². The minimum absolute atomic E-state index is 0.00237. The second kappa shape index (κ2) is 6.55. The molecule has 5 heteroatoms. The highest BCUT2D eigenvalue weighted by molar-refractivity contribution is 5.88. The standard InChI is InChI=1S/C24H27N3O2/c1-14-19(27-21-20(25-14)23(2,3)12-13-24(21,4)5)18-11-10-17(26-18)15-6-8-16(9-7-15)22(28)29/h6-11,26H,12-13H2,1-5H3,(H,28,29). The molecule has 150 valence electrons. The minimum atomic E-state index is -0.922. The lowest BCUT2D eigenvalue weighted by Gasteiger charge is -2.40. The Bertz CT molecular complexity index is 1090. The predicted octanol–water partition coefficient (Wildman–Crippen LogP) is 5.49. The van der Waals surface area contributed by atoms with E-state index in [1.165, 1.54) is 0 Å². The van der Waals surface area contributed by atoms with E-state index in [0.717, 1.165) is 52.6 Å². The number of hydrogen-bond acceptors (Lipinski definition) is 3. The normalized spacial score (nSPS) is 17.0. The number of aromatic carboxylic acids is 1. The number of H-pyrrole nitrogens is 1. The second-order valence-corrected chi connectivity index (χ2v) is 9.29. The van der Waals surface area contributed by atoms with Gasteiger partial charge < -0.3 is 10.1 Å². The Morgan fingerprint density at radius 3 is 2.03 bits per heavy atom. The van der Waals surface area contributed by atoms with Crippen molar-refractivity contribution in [3.8, 4) is 22.6 Å². The molecular formula is C24H27N3O2. The molecule has 0 unspecified atom stereocenters. The first kappa shape index (κ1) is 19.4. The summed E-state index contributed by atoms with van der Waals surface area (Å²) in [7, 11) is 0. The van der Waals surface area contributed by atoms with Gasteiger partial charge in [-0.2, -0.15) is 0 Å². The molecule has 2 N–H and O–H groups in total. The monoisotopic (exact) mass is 389 g/mol. The Morgan fingerprint density at radius 2 is 1.45 bits per heavy atom. The Kier molecular flexibility index (Phi) is 4.37. The van der Waals surface area contributed by atoms with Crippen molar-refractivity contribution < 1.29 is 9.90 Å². The van der Waals surface area contributed by atoms with Crippen LogP contribution in [0.2, 0.25) is 0 Å². The number of rotatable bonds is 3. The third kappa shape index (κ3) is 3.35. The minimum Gasteiger partial charge on any atom is -0.478 e. The lowest BCUT2D eigenvalue weighted by atomic mass is 9.67. The van der Waals surface area contributed by atoms with Crippen molar-refractivity contribution in [3.05, 3.63) is 59.0 Å². The first-order valence-electron chi connectivity index (χ1n) is 10.0. The van der Waals surface area contributed by atoms with Crippen LogP contribution in [0.4, 0.5) is 0 Å². The molecule has 2 heterocycles. The molecule has 1 aliphatic rings. The fraction of sp³-hybridized carbons (Fsp3) is 0.375. The van der Waals surface area contributed by atoms with Gasteiger partial charge in [-0.25, -0.2) is 9.78 Å². The van der Waals surface area contributed by atoms with Crippen LogP contribution >= 0.6 is 0 Å². The highest BCUT2D eigenvalue weighted by Gasteiger charge is 2.40. The van der Waals surface area contributed by atoms with Gasteiger partial charge >= 0.3 is 5.97 Å². The number of aromatic nitrogens is 3. The van der Waals surface area contributed by atoms with Gasteiger partial charge in [0, 0.05) is 16.5 Å². The van der Waals surface area contributed by atoms with Crippen LogP contribution in [0, 0.1) is 6.92 Å². The maximum atomic E-state index is 11.1. The molecule has 29 heavy (non-hydrogen) atoms. The number of carboxylic acid groups (broad SMARTS) is 1. The molecule has 0 atom stereocenters. The third-order valence-corrected chi connectivity index (χ3v) is 6.11. The first-order chi connectivity index (χ1) is 13.6. The molecule has 4 rings (SSSR count). The summed E-state index contributed by atoms with van der Waals surface area (Å²) < 4.78 is 0. The van der Waals surface area contributed by atoms with E-state index in [0.29, 0.717) is 0 Å². The summed E-state index contributed by atoms with van der Waals surface area (Å²) in [5.74, 6) is -0.922. The average molecular weight is 389 g/mol. The molecule has 0 radical (unpaired) electrons. The van der Waals surface area contributed by atoms with Crippen LogP contribution in [0.25, 0.3) is 22.6 Å². The van der Waals surface area contributed by atoms with Gasteiger partial charge in [-0.05, 0) is 49.6 Å². The SMILES string of the molecule is Cc1nc2c(nc1-c1ccc(-c3ccc(C(=O)O)cc3)[nH]1)C(C)(C)CCC2(C)C. The maximum Gasteiger partial charge on any atom is 0.335 e. The van der Waals surface area contributed by atoms with Gasteiger partial charge in [-0.15, -0.1) is 0 Å². The predicted molar refractivity (Wildman–Crippen MR) is 114 cm³/mol. The Balaban J connectivity index is 1.76. The highest BCUT2D eigenvalue weighted by Crippen LogP contribution is 2.44. The summed E-state index contributed by atoms with van der Waals surface area (Å²) >= 11 is 0. The first-order valence-corrected chi connectivity index (χ1v) is 10.0. The van der Waals surface area contributed by atoms with Crippen molar-refractivity contribution in [1.82, 2.24) is 15.0 Å². The van der Waals surface area contributed by atoms with Crippen molar-refractivity contribution in [1.29, 1.82) is 0 Å². The third-order valence-electron chi connectivity index (χ3n) is 6.11. The van der Waals surface area contributed by atoms with Gasteiger partial charge in [0.1, 0.15) is 5.69 Å². The van der Waals surface area contributed by atoms with Gasteiger partial charge in [-0.1, -0.05) is 39.8 Å². The molecule has 5 nitrogen and oxygen atoms in total. The fourth-order valence-corrected chi connectivity index (χ4v) is 4.07. The lowest BCUT2D eigenvalue weighted by molar-refractivity contribution is 0.0697. The summed E-state index contributed by atoms with van der Waals surface area (Å²) in [6.07, 6.45) is 2.20. The summed E-state index contributed by atoms with van der Waals surface area (Å²) in [5, 5.41) is 9.08. The van der Waals surface area contributed by atoms with Crippen LogP contribution in [0.1, 0.15) is 68.0 Å². The van der Waals surface area contributed by atoms with E-state index in [9.17, 15) is 4.79 Å². The number of carboxylic acids is 1. The van der Waals surface area contributed by atoms with E-state index in [1.54, 1.807) is 12.1 Å². The van der Waals surface area contributed by atoms with Crippen LogP contribution < -0.4 is 0 Å². The van der Waals surface area contributed by atoms with Crippen LogP contribution in [-0.2, 0) is 10.8 Å². The van der Waals surface area contributed by atoms with E-state index >= 15 is 0 Å². The maximum absolute atomic E-state index is 11.1. The zero-order valence-electron chi connectivity index (χ0n) is 17.6. The summed E-state index contributed by atoms with van der Waals surface area (Å²) in [4.78, 5) is 24.6. The number of aryl methyl sites for hydroxylation is 1. The zero-order valence-corrected chi connectivity index (χ0v) is 17.6. The van der Waals surface area contributed by atoms with Crippen molar-refractivity contribution >= 4 is 5.97 Å². The molecular weight excluding hydrogens is 362 g/mol. The smallest absolute Gasteiger partial charge is 0.335 e. The lowest BCUT2D eigenvalue weighted by Crippen LogP contribution is -2.36. The van der Waals surface area contributed by atoms with E-state index in [-0.39, 0.29) is 16.4 Å². The molecule has 0 saturated heterocycles. The van der Waals surface area contributed by atoms with Crippen LogP contribution in [0.15, 0.2) is 36.4 Å². The molecule has 0 saturated carbocycles. The molecule has 1 aliphatic carbocycles. The Hall–Kier alpha value is -2.95. The van der Waals surface area contributed by atoms with E-state index in [2.05, 4.69) is 32.7 Å². The van der Waals surface area contributed by atoms with Gasteiger partial charge in [0.15, 0.2) is 0 Å². The topological polar surface area (TPSA) is 78.9 Å². The van der Waals surface area contributed by atoms with Crippen molar-refractivity contribution in [2.24, 2.45) is 0 Å². The molecule has 1 aromatic carbocycles. The molecule has 0 fully saturated rings. The number of fused-ring (bicyclic) bond motifs is 1. The average Bonchev–Trinajstić information content (AvgIpc) is 3.15. The van der Waals surface area contributed by atoms with Crippen molar-refractivity contribution in [3.63, 3.8) is 0 Å². The molecule has 3 aromatic rings. The van der Waals surface area contributed by atoms with Gasteiger partial charge in [0.05, 0.1) is 28.3 Å².